The van der Waals surface area contributed by atoms with E-state index in [2.05, 4.69) is 24.4 Å². The molecule has 1 aromatic rings. The van der Waals surface area contributed by atoms with Crippen molar-refractivity contribution < 1.29 is 4.74 Å². The van der Waals surface area contributed by atoms with E-state index < -0.39 is 0 Å². The van der Waals surface area contributed by atoms with Crippen LogP contribution in [0.15, 0.2) is 18.2 Å². The Kier molecular flexibility index (Phi) is 4.86. The predicted octanol–water partition coefficient (Wildman–Crippen LogP) is 2.89. The van der Waals surface area contributed by atoms with Crippen molar-refractivity contribution in [3.8, 4) is 6.07 Å². The van der Waals surface area contributed by atoms with Gasteiger partial charge in [-0.05, 0) is 67.2 Å². The number of ether oxygens (including phenoxy) is 1. The second-order valence-corrected chi connectivity index (χ2v) is 7.84. The van der Waals surface area contributed by atoms with E-state index in [-0.39, 0.29) is 23.3 Å². The Morgan fingerprint density at radius 2 is 2.28 bits per heavy atom. The van der Waals surface area contributed by atoms with Gasteiger partial charge in [0.05, 0.1) is 23.8 Å². The summed E-state index contributed by atoms with van der Waals surface area (Å²) in [5.41, 5.74) is 9.04. The molecule has 0 bridgehead atoms. The highest BCUT2D eigenvalue weighted by atomic mass is 16.5. The highest BCUT2D eigenvalue weighted by Gasteiger charge is 2.50. The van der Waals surface area contributed by atoms with Gasteiger partial charge in [0, 0.05) is 13.2 Å². The van der Waals surface area contributed by atoms with Crippen molar-refractivity contribution in [1.29, 1.82) is 10.7 Å². The van der Waals surface area contributed by atoms with Gasteiger partial charge in [0.1, 0.15) is 5.84 Å². The van der Waals surface area contributed by atoms with Crippen molar-refractivity contribution in [3.63, 3.8) is 0 Å². The van der Waals surface area contributed by atoms with E-state index in [0.717, 1.165) is 25.7 Å². The van der Waals surface area contributed by atoms with E-state index in [1.807, 2.05) is 19.1 Å². The van der Waals surface area contributed by atoms with Crippen molar-refractivity contribution in [3.05, 3.63) is 34.9 Å². The fourth-order valence-electron chi connectivity index (χ4n) is 4.87. The lowest BCUT2D eigenvalue weighted by molar-refractivity contribution is -0.0246. The maximum absolute atomic E-state index is 9.29. The van der Waals surface area contributed by atoms with Crippen molar-refractivity contribution in [1.82, 2.24) is 5.32 Å². The molecule has 0 heterocycles. The molecule has 3 rings (SSSR count). The molecule has 1 fully saturated rings. The first-order valence-corrected chi connectivity index (χ1v) is 9.06. The quantitative estimate of drug-likeness (QED) is 0.580. The maximum atomic E-state index is 9.29. The highest BCUT2D eigenvalue weighted by Crippen LogP contribution is 2.55. The molecule has 134 valence electrons. The average Bonchev–Trinajstić information content (AvgIpc) is 2.87. The Morgan fingerprint density at radius 3 is 2.88 bits per heavy atom. The summed E-state index contributed by atoms with van der Waals surface area (Å²) in [5.74, 6) is 0.638. The molecule has 5 atom stereocenters. The zero-order chi connectivity index (χ0) is 18.2. The summed E-state index contributed by atoms with van der Waals surface area (Å²) >= 11 is 0. The standard InChI is InChI=1S/C20H28N4O/c1-12-9-20(7-6-17(12)25-3)10-15-5-4-14(11-21)8-16(15)18(20)24-13(2)19(22)23/h4-5,8,12-13,17-18,24H,6-7,9-10H2,1-3H3,(H3,22,23)/t12-,13?,17-,18+,20-/m0/s1. The topological polar surface area (TPSA) is 94.9 Å². The molecule has 2 aliphatic rings. The summed E-state index contributed by atoms with van der Waals surface area (Å²) in [7, 11) is 1.80. The van der Waals surface area contributed by atoms with Crippen LogP contribution in [-0.2, 0) is 11.2 Å². The van der Waals surface area contributed by atoms with E-state index in [0.29, 0.717) is 17.6 Å². The molecule has 1 saturated carbocycles. The third-order valence-electron chi connectivity index (χ3n) is 6.22. The number of nitrogens with one attached hydrogen (secondary N) is 2. The third-order valence-corrected chi connectivity index (χ3v) is 6.22. The second-order valence-electron chi connectivity index (χ2n) is 7.84. The molecule has 5 nitrogen and oxygen atoms in total. The first-order chi connectivity index (χ1) is 11.9. The number of methoxy groups -OCH3 is 1. The molecule has 25 heavy (non-hydrogen) atoms. The van der Waals surface area contributed by atoms with Gasteiger partial charge >= 0.3 is 0 Å². The molecule has 4 N–H and O–H groups in total. The maximum Gasteiger partial charge on any atom is 0.108 e. The van der Waals surface area contributed by atoms with Gasteiger partial charge in [-0.15, -0.1) is 0 Å². The molecule has 1 spiro atoms. The highest BCUT2D eigenvalue weighted by molar-refractivity contribution is 5.82. The van der Waals surface area contributed by atoms with Gasteiger partial charge in [0.2, 0.25) is 0 Å². The normalized spacial score (nSPS) is 32.2. The van der Waals surface area contributed by atoms with Crippen LogP contribution in [-0.4, -0.2) is 25.1 Å². The molecule has 1 unspecified atom stereocenters. The summed E-state index contributed by atoms with van der Waals surface area (Å²) in [6.45, 7) is 4.20. The van der Waals surface area contributed by atoms with E-state index in [1.165, 1.54) is 11.1 Å². The van der Waals surface area contributed by atoms with Crippen LogP contribution in [0.5, 0.6) is 0 Å². The Hall–Kier alpha value is -1.90. The fraction of sp³-hybridized carbons (Fsp3) is 0.600. The van der Waals surface area contributed by atoms with Gasteiger partial charge in [0.25, 0.3) is 0 Å². The van der Waals surface area contributed by atoms with Crippen molar-refractivity contribution in [2.75, 3.05) is 7.11 Å². The van der Waals surface area contributed by atoms with Gasteiger partial charge in [-0.1, -0.05) is 13.0 Å². The van der Waals surface area contributed by atoms with Crippen LogP contribution in [0.3, 0.4) is 0 Å². The minimum Gasteiger partial charge on any atom is -0.386 e. The molecule has 0 radical (unpaired) electrons. The summed E-state index contributed by atoms with van der Waals surface area (Å²) in [4.78, 5) is 0. The Morgan fingerprint density at radius 1 is 1.52 bits per heavy atom. The molecular formula is C20H28N4O. The van der Waals surface area contributed by atoms with Crippen LogP contribution >= 0.6 is 0 Å². The zero-order valence-electron chi connectivity index (χ0n) is 15.3. The van der Waals surface area contributed by atoms with Crippen molar-refractivity contribution in [2.45, 2.75) is 57.7 Å². The largest absolute Gasteiger partial charge is 0.386 e. The minimum absolute atomic E-state index is 0.106. The minimum atomic E-state index is -0.186. The number of nitriles is 1. The molecule has 0 amide bonds. The van der Waals surface area contributed by atoms with Crippen LogP contribution in [0.25, 0.3) is 0 Å². The van der Waals surface area contributed by atoms with E-state index in [4.69, 9.17) is 15.9 Å². The number of hydrogen-bond acceptors (Lipinski definition) is 4. The molecule has 5 heteroatoms. The van der Waals surface area contributed by atoms with Crippen molar-refractivity contribution >= 4 is 5.84 Å². The average molecular weight is 340 g/mol. The summed E-state index contributed by atoms with van der Waals surface area (Å²) < 4.78 is 5.66. The fourth-order valence-corrected chi connectivity index (χ4v) is 4.87. The molecule has 1 aromatic carbocycles. The third kappa shape index (κ3) is 3.17. The first kappa shape index (κ1) is 17.9. The lowest BCUT2D eigenvalue weighted by Crippen LogP contribution is -2.48. The van der Waals surface area contributed by atoms with Gasteiger partial charge in [-0.25, -0.2) is 0 Å². The van der Waals surface area contributed by atoms with Crippen LogP contribution in [0.2, 0.25) is 0 Å². The Labute approximate surface area is 150 Å². The molecule has 0 saturated heterocycles. The number of nitrogens with two attached hydrogens (primary N) is 1. The number of nitrogens with zero attached hydrogens (tertiary/aromatic N) is 1. The van der Waals surface area contributed by atoms with Crippen LogP contribution in [0.4, 0.5) is 0 Å². The summed E-state index contributed by atoms with van der Waals surface area (Å²) in [6.07, 6.45) is 4.52. The van der Waals surface area contributed by atoms with E-state index in [9.17, 15) is 5.26 Å². The molecule has 0 aliphatic heterocycles. The van der Waals surface area contributed by atoms with Crippen LogP contribution in [0, 0.1) is 28.1 Å². The molecule has 0 aromatic heterocycles. The number of fused-ring (bicyclic) bond motifs is 1. The summed E-state index contributed by atoms with van der Waals surface area (Å²) in [6, 6.07) is 8.21. The van der Waals surface area contributed by atoms with Gasteiger partial charge in [-0.3, -0.25) is 5.41 Å². The Bertz CT molecular complexity index is 710. The van der Waals surface area contributed by atoms with Crippen LogP contribution < -0.4 is 11.1 Å². The predicted molar refractivity (Wildman–Crippen MR) is 98.4 cm³/mol. The number of amidine groups is 1. The zero-order valence-corrected chi connectivity index (χ0v) is 15.3. The molecule has 2 aliphatic carbocycles. The number of rotatable bonds is 4. The van der Waals surface area contributed by atoms with Crippen molar-refractivity contribution in [2.24, 2.45) is 17.1 Å². The van der Waals surface area contributed by atoms with Gasteiger partial charge < -0.3 is 15.8 Å². The first-order valence-electron chi connectivity index (χ1n) is 9.06. The monoisotopic (exact) mass is 340 g/mol. The summed E-state index contributed by atoms with van der Waals surface area (Å²) in [5, 5.41) is 20.7. The SMILES string of the molecule is CO[C@H]1CC[C@@]2(Cc3ccc(C#N)cc3[C@H]2NC(C)C(=N)N)C[C@@H]1C. The van der Waals surface area contributed by atoms with E-state index >= 15 is 0 Å². The lowest BCUT2D eigenvalue weighted by atomic mass is 9.65. The Balaban J connectivity index is 1.98. The molecular weight excluding hydrogens is 312 g/mol. The van der Waals surface area contributed by atoms with Gasteiger partial charge in [-0.2, -0.15) is 5.26 Å². The number of benzene rings is 1. The van der Waals surface area contributed by atoms with Crippen LogP contribution in [0.1, 0.15) is 55.8 Å². The van der Waals surface area contributed by atoms with Gasteiger partial charge in [0.15, 0.2) is 0 Å². The van der Waals surface area contributed by atoms with E-state index in [1.54, 1.807) is 7.11 Å². The lowest BCUT2D eigenvalue weighted by Gasteiger charge is -2.45. The smallest absolute Gasteiger partial charge is 0.108 e. The second kappa shape index (κ2) is 6.78. The number of hydrogen-bond donors (Lipinski definition) is 3.